The summed E-state index contributed by atoms with van der Waals surface area (Å²) in [5.41, 5.74) is 7.92. The maximum absolute atomic E-state index is 5.63. The van der Waals surface area contributed by atoms with E-state index in [1.165, 1.54) is 0 Å². The van der Waals surface area contributed by atoms with Gasteiger partial charge in [0.15, 0.2) is 0 Å². The van der Waals surface area contributed by atoms with Crippen LogP contribution in [0.5, 0.6) is 0 Å². The number of amidine groups is 1. The lowest BCUT2D eigenvalue weighted by atomic mass is 10.2. The number of nitrogens with one attached hydrogen (secondary N) is 1. The number of aliphatic imine (C=N–C) groups is 1. The standard InChI is InChI=1S/C7H9N3/c8-7-5-2-1-3-6(5)9-4-10-7/h1,3,9H,2,4H2,(H2,8,10). The van der Waals surface area contributed by atoms with E-state index in [-0.39, 0.29) is 0 Å². The molecule has 1 aliphatic carbocycles. The Hall–Kier alpha value is -1.25. The zero-order chi connectivity index (χ0) is 6.97. The van der Waals surface area contributed by atoms with Crippen LogP contribution in [-0.4, -0.2) is 12.5 Å². The number of rotatable bonds is 0. The van der Waals surface area contributed by atoms with Crippen molar-refractivity contribution in [3.63, 3.8) is 0 Å². The summed E-state index contributed by atoms with van der Waals surface area (Å²) in [6, 6.07) is 0. The molecule has 0 aromatic heterocycles. The van der Waals surface area contributed by atoms with Gasteiger partial charge in [-0.2, -0.15) is 0 Å². The lowest BCUT2D eigenvalue weighted by molar-refractivity contribution is 0.825. The molecule has 0 aromatic rings. The summed E-state index contributed by atoms with van der Waals surface area (Å²) in [7, 11) is 0. The Labute approximate surface area is 59.3 Å². The smallest absolute Gasteiger partial charge is 0.125 e. The zero-order valence-corrected chi connectivity index (χ0v) is 5.59. The Morgan fingerprint density at radius 1 is 1.60 bits per heavy atom. The van der Waals surface area contributed by atoms with Crippen LogP contribution in [0.4, 0.5) is 0 Å². The Morgan fingerprint density at radius 2 is 2.50 bits per heavy atom. The first-order chi connectivity index (χ1) is 4.88. The topological polar surface area (TPSA) is 50.4 Å². The molecule has 1 heterocycles. The van der Waals surface area contributed by atoms with E-state index in [0.29, 0.717) is 12.5 Å². The fraction of sp³-hybridized carbons (Fsp3) is 0.286. The van der Waals surface area contributed by atoms with Crippen LogP contribution in [0.3, 0.4) is 0 Å². The van der Waals surface area contributed by atoms with Crippen molar-refractivity contribution in [3.8, 4) is 0 Å². The van der Waals surface area contributed by atoms with Crippen molar-refractivity contribution in [1.82, 2.24) is 5.32 Å². The first-order valence-corrected chi connectivity index (χ1v) is 3.32. The third-order valence-electron chi connectivity index (χ3n) is 1.76. The average Bonchev–Trinajstić information content (AvgIpc) is 2.36. The molecule has 0 bridgehead atoms. The van der Waals surface area contributed by atoms with Crippen molar-refractivity contribution in [3.05, 3.63) is 23.4 Å². The van der Waals surface area contributed by atoms with Gasteiger partial charge in [0.05, 0.1) is 0 Å². The molecule has 0 fully saturated rings. The van der Waals surface area contributed by atoms with Gasteiger partial charge in [-0.15, -0.1) is 0 Å². The molecule has 3 N–H and O–H groups in total. The first-order valence-electron chi connectivity index (χ1n) is 3.32. The third kappa shape index (κ3) is 0.635. The predicted octanol–water partition coefficient (Wildman–Crippen LogP) is 0.118. The molecule has 0 saturated heterocycles. The van der Waals surface area contributed by atoms with Crippen molar-refractivity contribution in [1.29, 1.82) is 0 Å². The summed E-state index contributed by atoms with van der Waals surface area (Å²) in [4.78, 5) is 4.06. The van der Waals surface area contributed by atoms with Gasteiger partial charge in [-0.25, -0.2) is 4.99 Å². The van der Waals surface area contributed by atoms with Gasteiger partial charge in [0.1, 0.15) is 12.5 Å². The van der Waals surface area contributed by atoms with Gasteiger partial charge >= 0.3 is 0 Å². The molecule has 0 atom stereocenters. The second-order valence-electron chi connectivity index (χ2n) is 2.38. The number of allylic oxidation sites excluding steroid dienone is 2. The largest absolute Gasteiger partial charge is 0.384 e. The maximum atomic E-state index is 5.63. The zero-order valence-electron chi connectivity index (χ0n) is 5.59. The van der Waals surface area contributed by atoms with Gasteiger partial charge in [0.2, 0.25) is 0 Å². The second-order valence-corrected chi connectivity index (χ2v) is 2.38. The van der Waals surface area contributed by atoms with Crippen LogP contribution in [0.15, 0.2) is 28.4 Å². The number of nitrogens with two attached hydrogens (primary N) is 1. The molecule has 3 nitrogen and oxygen atoms in total. The SMILES string of the molecule is NC1=NCNC2=C1CC=C2. The minimum atomic E-state index is 0.620. The van der Waals surface area contributed by atoms with Gasteiger partial charge in [-0.3, -0.25) is 0 Å². The Kier molecular flexibility index (Phi) is 1.03. The highest BCUT2D eigenvalue weighted by atomic mass is 15.1. The van der Waals surface area contributed by atoms with E-state index >= 15 is 0 Å². The van der Waals surface area contributed by atoms with Gasteiger partial charge in [-0.1, -0.05) is 6.08 Å². The van der Waals surface area contributed by atoms with Crippen molar-refractivity contribution in [2.75, 3.05) is 6.67 Å². The number of nitrogens with zero attached hydrogens (tertiary/aromatic N) is 1. The minimum absolute atomic E-state index is 0.620. The first kappa shape index (κ1) is 5.53. The van der Waals surface area contributed by atoms with Crippen LogP contribution in [0.25, 0.3) is 0 Å². The second kappa shape index (κ2) is 1.87. The molecule has 2 rings (SSSR count). The van der Waals surface area contributed by atoms with Crippen LogP contribution in [0, 0.1) is 0 Å². The van der Waals surface area contributed by atoms with E-state index in [9.17, 15) is 0 Å². The molecule has 3 heteroatoms. The van der Waals surface area contributed by atoms with E-state index in [4.69, 9.17) is 5.73 Å². The van der Waals surface area contributed by atoms with E-state index < -0.39 is 0 Å². The van der Waals surface area contributed by atoms with Crippen LogP contribution >= 0.6 is 0 Å². The van der Waals surface area contributed by atoms with Crippen LogP contribution in [0.1, 0.15) is 6.42 Å². The molecule has 0 radical (unpaired) electrons. The van der Waals surface area contributed by atoms with Crippen LogP contribution in [-0.2, 0) is 0 Å². The van der Waals surface area contributed by atoms with Gasteiger partial charge < -0.3 is 11.1 Å². The summed E-state index contributed by atoms with van der Waals surface area (Å²) in [5, 5.41) is 3.14. The van der Waals surface area contributed by atoms with Crippen LogP contribution < -0.4 is 11.1 Å². The molecule has 0 aromatic carbocycles. The molecule has 10 heavy (non-hydrogen) atoms. The van der Waals surface area contributed by atoms with Gasteiger partial charge in [0, 0.05) is 11.3 Å². The molecule has 0 spiro atoms. The third-order valence-corrected chi connectivity index (χ3v) is 1.76. The lowest BCUT2D eigenvalue weighted by Crippen LogP contribution is -2.27. The van der Waals surface area contributed by atoms with E-state index in [2.05, 4.69) is 22.5 Å². The quantitative estimate of drug-likeness (QED) is 0.495. The number of hydrogen-bond donors (Lipinski definition) is 2. The van der Waals surface area contributed by atoms with Crippen molar-refractivity contribution in [2.24, 2.45) is 10.7 Å². The fourth-order valence-corrected chi connectivity index (χ4v) is 1.22. The molecule has 0 unspecified atom stereocenters. The van der Waals surface area contributed by atoms with E-state index in [0.717, 1.165) is 17.7 Å². The molecule has 0 amide bonds. The molecule has 1 aliphatic heterocycles. The monoisotopic (exact) mass is 135 g/mol. The summed E-state index contributed by atoms with van der Waals surface area (Å²) in [5.74, 6) is 0.693. The molecule has 52 valence electrons. The molecule has 2 aliphatic rings. The highest BCUT2D eigenvalue weighted by Crippen LogP contribution is 2.18. The highest BCUT2D eigenvalue weighted by molar-refractivity contribution is 5.99. The normalized spacial score (nSPS) is 22.2. The van der Waals surface area contributed by atoms with E-state index in [1.807, 2.05) is 0 Å². The van der Waals surface area contributed by atoms with Gasteiger partial charge in [-0.05, 0) is 12.5 Å². The Morgan fingerprint density at radius 3 is 3.30 bits per heavy atom. The van der Waals surface area contributed by atoms with Crippen molar-refractivity contribution >= 4 is 5.84 Å². The summed E-state index contributed by atoms with van der Waals surface area (Å²) >= 11 is 0. The Bertz CT molecular complexity index is 248. The Balaban J connectivity index is 2.39. The molecular formula is C7H9N3. The summed E-state index contributed by atoms with van der Waals surface area (Å²) < 4.78 is 0. The van der Waals surface area contributed by atoms with Crippen LogP contribution in [0.2, 0.25) is 0 Å². The maximum Gasteiger partial charge on any atom is 0.125 e. The predicted molar refractivity (Wildman–Crippen MR) is 40.4 cm³/mol. The summed E-state index contributed by atoms with van der Waals surface area (Å²) in [6.45, 7) is 0.620. The van der Waals surface area contributed by atoms with Crippen molar-refractivity contribution in [2.45, 2.75) is 6.42 Å². The van der Waals surface area contributed by atoms with Crippen molar-refractivity contribution < 1.29 is 0 Å². The van der Waals surface area contributed by atoms with Gasteiger partial charge in [0.25, 0.3) is 0 Å². The lowest BCUT2D eigenvalue weighted by Gasteiger charge is -2.13. The number of hydrogen-bond acceptors (Lipinski definition) is 3. The average molecular weight is 135 g/mol. The summed E-state index contributed by atoms with van der Waals surface area (Å²) in [6.07, 6.45) is 5.07. The fourth-order valence-electron chi connectivity index (χ4n) is 1.22. The minimum Gasteiger partial charge on any atom is -0.384 e. The molecule has 0 saturated carbocycles. The van der Waals surface area contributed by atoms with E-state index in [1.54, 1.807) is 0 Å². The highest BCUT2D eigenvalue weighted by Gasteiger charge is 2.14. The molecular weight excluding hydrogens is 126 g/mol.